The minimum atomic E-state index is -0.389. The van der Waals surface area contributed by atoms with Gasteiger partial charge < -0.3 is 15.1 Å². The van der Waals surface area contributed by atoms with Crippen molar-refractivity contribution in [1.29, 1.82) is 0 Å². The molecule has 2 amide bonds. The number of benzene rings is 1. The van der Waals surface area contributed by atoms with Gasteiger partial charge in [0, 0.05) is 38.7 Å². The number of anilines is 1. The summed E-state index contributed by atoms with van der Waals surface area (Å²) in [4.78, 5) is 33.4. The van der Waals surface area contributed by atoms with Gasteiger partial charge in [-0.1, -0.05) is 12.1 Å². The maximum Gasteiger partial charge on any atom is 0.255 e. The van der Waals surface area contributed by atoms with Crippen LogP contribution < -0.4 is 5.32 Å². The molecule has 1 aromatic carbocycles. The van der Waals surface area contributed by atoms with E-state index in [0.29, 0.717) is 31.5 Å². The topological polar surface area (TPSA) is 65.5 Å². The Morgan fingerprint density at radius 3 is 2.80 bits per heavy atom. The average Bonchev–Trinajstić information content (AvgIpc) is 3.45. The van der Waals surface area contributed by atoms with Crippen LogP contribution in [0.5, 0.6) is 0 Å². The quantitative estimate of drug-likeness (QED) is 0.848. The molecule has 7 heteroatoms. The second-order valence-electron chi connectivity index (χ2n) is 8.76. The Kier molecular flexibility index (Phi) is 4.49. The van der Waals surface area contributed by atoms with Crippen LogP contribution in [0.4, 0.5) is 10.2 Å². The molecule has 0 spiro atoms. The molecule has 3 aliphatic rings. The van der Waals surface area contributed by atoms with Gasteiger partial charge in [-0.2, -0.15) is 0 Å². The molecule has 4 heterocycles. The summed E-state index contributed by atoms with van der Waals surface area (Å²) in [6, 6.07) is 8.54. The van der Waals surface area contributed by atoms with Crippen LogP contribution in [-0.4, -0.2) is 52.3 Å². The van der Waals surface area contributed by atoms with E-state index in [9.17, 15) is 14.0 Å². The van der Waals surface area contributed by atoms with Crippen LogP contribution in [0, 0.1) is 5.82 Å². The van der Waals surface area contributed by atoms with Crippen molar-refractivity contribution in [3.8, 4) is 0 Å². The van der Waals surface area contributed by atoms with Gasteiger partial charge in [0.1, 0.15) is 11.6 Å². The van der Waals surface area contributed by atoms with E-state index in [1.54, 1.807) is 18.3 Å². The summed E-state index contributed by atoms with van der Waals surface area (Å²) in [7, 11) is 0. The molecule has 30 heavy (non-hydrogen) atoms. The maximum atomic E-state index is 13.3. The van der Waals surface area contributed by atoms with Crippen molar-refractivity contribution in [3.05, 3.63) is 59.0 Å². The molecule has 0 radical (unpaired) electrons. The predicted molar refractivity (Wildman–Crippen MR) is 111 cm³/mol. The number of aromatic nitrogens is 1. The van der Waals surface area contributed by atoms with E-state index in [-0.39, 0.29) is 29.2 Å². The van der Waals surface area contributed by atoms with Gasteiger partial charge in [-0.25, -0.2) is 9.37 Å². The molecule has 0 unspecified atom stereocenters. The number of fused-ring (bicyclic) bond motifs is 1. The first-order valence-corrected chi connectivity index (χ1v) is 10.5. The third-order valence-electron chi connectivity index (χ3n) is 6.63. The molecule has 2 aromatic rings. The van der Waals surface area contributed by atoms with E-state index in [1.165, 1.54) is 12.1 Å². The lowest BCUT2D eigenvalue weighted by Crippen LogP contribution is -2.39. The fraction of sp³-hybridized carbons (Fsp3) is 0.435. The minimum absolute atomic E-state index is 0.0326. The number of hydrogen-bond donors (Lipinski definition) is 1. The lowest BCUT2D eigenvalue weighted by Gasteiger charge is -2.25. The van der Waals surface area contributed by atoms with E-state index in [2.05, 4.69) is 17.2 Å². The van der Waals surface area contributed by atoms with Gasteiger partial charge in [-0.15, -0.1) is 0 Å². The highest BCUT2D eigenvalue weighted by molar-refractivity contribution is 5.95. The van der Waals surface area contributed by atoms with Crippen LogP contribution in [0.3, 0.4) is 0 Å². The monoisotopic (exact) mass is 408 g/mol. The molecule has 0 bridgehead atoms. The minimum Gasteiger partial charge on any atom is -0.360 e. The Bertz CT molecular complexity index is 1010. The number of nitrogens with zero attached hydrogens (tertiary/aromatic N) is 3. The Labute approximate surface area is 175 Å². The van der Waals surface area contributed by atoms with Gasteiger partial charge in [0.05, 0.1) is 17.1 Å². The number of rotatable bonds is 3. The van der Waals surface area contributed by atoms with E-state index in [1.807, 2.05) is 15.9 Å². The molecule has 0 saturated carbocycles. The van der Waals surface area contributed by atoms with Crippen molar-refractivity contribution in [2.75, 3.05) is 25.0 Å². The number of amides is 2. The Balaban J connectivity index is 1.31. The van der Waals surface area contributed by atoms with Gasteiger partial charge >= 0.3 is 0 Å². The van der Waals surface area contributed by atoms with Crippen LogP contribution in [0.25, 0.3) is 0 Å². The highest BCUT2D eigenvalue weighted by atomic mass is 19.1. The zero-order valence-electron chi connectivity index (χ0n) is 17.0. The maximum absolute atomic E-state index is 13.3. The molecule has 2 fully saturated rings. The first kappa shape index (κ1) is 19.0. The van der Waals surface area contributed by atoms with Crippen molar-refractivity contribution in [3.63, 3.8) is 0 Å². The number of carbonyl (C=O) groups excluding carboxylic acids is 2. The van der Waals surface area contributed by atoms with Crippen molar-refractivity contribution < 1.29 is 14.0 Å². The van der Waals surface area contributed by atoms with Crippen LogP contribution in [0.1, 0.15) is 47.7 Å². The molecular formula is C23H25FN4O2. The fourth-order valence-corrected chi connectivity index (χ4v) is 4.97. The summed E-state index contributed by atoms with van der Waals surface area (Å²) in [5, 5.41) is 3.43. The molecule has 6 nitrogen and oxygen atoms in total. The molecule has 5 rings (SSSR count). The molecule has 0 aliphatic carbocycles. The van der Waals surface area contributed by atoms with E-state index in [0.717, 1.165) is 36.3 Å². The Morgan fingerprint density at radius 2 is 2.07 bits per heavy atom. The summed E-state index contributed by atoms with van der Waals surface area (Å²) < 4.78 is 13.3. The van der Waals surface area contributed by atoms with E-state index in [4.69, 9.17) is 0 Å². The van der Waals surface area contributed by atoms with Crippen molar-refractivity contribution in [2.45, 2.75) is 44.2 Å². The summed E-state index contributed by atoms with van der Waals surface area (Å²) in [6.07, 6.45) is 4.67. The summed E-state index contributed by atoms with van der Waals surface area (Å²) in [5.74, 6) is 0.679. The number of nitrogens with one attached hydrogen (secondary N) is 1. The van der Waals surface area contributed by atoms with Gasteiger partial charge in [0.2, 0.25) is 5.91 Å². The number of carbonyl (C=O) groups is 2. The highest BCUT2D eigenvalue weighted by Crippen LogP contribution is 2.38. The zero-order chi connectivity index (χ0) is 20.9. The van der Waals surface area contributed by atoms with Crippen molar-refractivity contribution >= 4 is 17.6 Å². The lowest BCUT2D eigenvalue weighted by molar-refractivity contribution is -0.129. The Hall–Kier alpha value is -2.96. The van der Waals surface area contributed by atoms with Gasteiger partial charge in [-0.3, -0.25) is 9.59 Å². The van der Waals surface area contributed by atoms with E-state index >= 15 is 0 Å². The number of halogens is 1. The third kappa shape index (κ3) is 3.22. The molecule has 1 N–H and O–H groups in total. The average molecular weight is 408 g/mol. The second kappa shape index (κ2) is 7.07. The first-order chi connectivity index (χ1) is 14.4. The van der Waals surface area contributed by atoms with Crippen LogP contribution >= 0.6 is 0 Å². The highest BCUT2D eigenvalue weighted by Gasteiger charge is 2.37. The van der Waals surface area contributed by atoms with Crippen LogP contribution in [-0.2, 0) is 16.8 Å². The molecule has 1 aromatic heterocycles. The van der Waals surface area contributed by atoms with Gasteiger partial charge in [0.25, 0.3) is 5.91 Å². The van der Waals surface area contributed by atoms with Gasteiger partial charge in [0.15, 0.2) is 0 Å². The normalized spacial score (nSPS) is 25.5. The number of hydrogen-bond acceptors (Lipinski definition) is 4. The summed E-state index contributed by atoms with van der Waals surface area (Å²) in [5.41, 5.74) is 2.15. The molecule has 2 saturated heterocycles. The fourth-order valence-electron chi connectivity index (χ4n) is 4.97. The van der Waals surface area contributed by atoms with Crippen molar-refractivity contribution in [2.24, 2.45) is 0 Å². The number of likely N-dealkylation sites (tertiary alicyclic amines) is 2. The molecule has 3 aliphatic heterocycles. The molecular weight excluding hydrogens is 383 g/mol. The van der Waals surface area contributed by atoms with Gasteiger partial charge in [-0.05, 0) is 49.1 Å². The zero-order valence-corrected chi connectivity index (χ0v) is 17.0. The number of pyridine rings is 1. The largest absolute Gasteiger partial charge is 0.360 e. The van der Waals surface area contributed by atoms with Crippen molar-refractivity contribution in [1.82, 2.24) is 14.8 Å². The summed E-state index contributed by atoms with van der Waals surface area (Å²) in [6.45, 7) is 4.12. The lowest BCUT2D eigenvalue weighted by atomic mass is 9.89. The SMILES string of the molecule is C[C@]1(c2ccc(F)cc2)Cc2cc(C(=O)N3CC[C@H](N4CCCC4=O)C3)cnc2N1. The smallest absolute Gasteiger partial charge is 0.255 e. The van der Waals surface area contributed by atoms with Crippen LogP contribution in [0.2, 0.25) is 0 Å². The third-order valence-corrected chi connectivity index (χ3v) is 6.63. The molecule has 156 valence electrons. The first-order valence-electron chi connectivity index (χ1n) is 10.5. The Morgan fingerprint density at radius 1 is 1.27 bits per heavy atom. The standard InChI is InChI=1S/C23H25FN4O2/c1-23(17-4-6-18(24)7-5-17)12-15-11-16(13-25-21(15)26-23)22(30)27-10-8-19(14-27)28-9-2-3-20(28)29/h4-7,11,13,19H,2-3,8-10,12,14H2,1H3,(H,25,26)/t19-,23+/m0/s1. The van der Waals surface area contributed by atoms with E-state index < -0.39 is 0 Å². The predicted octanol–water partition coefficient (Wildman–Crippen LogP) is 2.94. The van der Waals surface area contributed by atoms with Crippen LogP contribution in [0.15, 0.2) is 36.5 Å². The second-order valence-corrected chi connectivity index (χ2v) is 8.76. The molecule has 2 atom stereocenters. The summed E-state index contributed by atoms with van der Waals surface area (Å²) >= 11 is 0.